The van der Waals surface area contributed by atoms with E-state index in [2.05, 4.69) is 10.1 Å². The number of nitrogens with zero attached hydrogens (tertiary/aromatic N) is 1. The first-order chi connectivity index (χ1) is 12.3. The van der Waals surface area contributed by atoms with Gasteiger partial charge in [0.1, 0.15) is 5.75 Å². The third kappa shape index (κ3) is 5.82. The third-order valence-corrected chi connectivity index (χ3v) is 3.97. The lowest BCUT2D eigenvalue weighted by Gasteiger charge is -2.31. The van der Waals surface area contributed by atoms with Gasteiger partial charge in [-0.1, -0.05) is 18.2 Å². The summed E-state index contributed by atoms with van der Waals surface area (Å²) in [5, 5.41) is 2.62. The van der Waals surface area contributed by atoms with Crippen LogP contribution in [0.4, 0.5) is 18.0 Å². The Morgan fingerprint density at radius 1 is 1.31 bits per heavy atom. The van der Waals surface area contributed by atoms with Crippen molar-refractivity contribution in [3.8, 4) is 5.75 Å². The van der Waals surface area contributed by atoms with Crippen LogP contribution in [0, 0.1) is 5.92 Å². The zero-order valence-corrected chi connectivity index (χ0v) is 14.3. The summed E-state index contributed by atoms with van der Waals surface area (Å²) in [6.45, 7) is 2.60. The van der Waals surface area contributed by atoms with E-state index in [-0.39, 0.29) is 36.9 Å². The molecule has 1 unspecified atom stereocenters. The lowest BCUT2D eigenvalue weighted by atomic mass is 9.97. The van der Waals surface area contributed by atoms with Crippen molar-refractivity contribution < 1.29 is 32.2 Å². The molecule has 0 radical (unpaired) electrons. The first-order valence-corrected chi connectivity index (χ1v) is 8.33. The fourth-order valence-electron chi connectivity index (χ4n) is 2.77. The number of amides is 2. The molecule has 1 aliphatic rings. The Morgan fingerprint density at radius 2 is 2.04 bits per heavy atom. The number of likely N-dealkylation sites (tertiary alicyclic amines) is 1. The Morgan fingerprint density at radius 3 is 2.73 bits per heavy atom. The Labute approximate surface area is 149 Å². The summed E-state index contributed by atoms with van der Waals surface area (Å²) in [4.78, 5) is 25.6. The van der Waals surface area contributed by atoms with Gasteiger partial charge in [0.25, 0.3) is 0 Å². The van der Waals surface area contributed by atoms with Crippen molar-refractivity contribution in [3.05, 3.63) is 29.8 Å². The highest BCUT2D eigenvalue weighted by atomic mass is 19.4. The number of alkyl halides is 3. The van der Waals surface area contributed by atoms with E-state index < -0.39 is 18.4 Å². The molecule has 1 heterocycles. The molecule has 144 valence electrons. The second kappa shape index (κ2) is 8.77. The molecule has 1 aromatic carbocycles. The molecule has 0 spiro atoms. The van der Waals surface area contributed by atoms with E-state index in [4.69, 9.17) is 4.74 Å². The van der Waals surface area contributed by atoms with Gasteiger partial charge in [0.05, 0.1) is 12.5 Å². The molecule has 1 atom stereocenters. The van der Waals surface area contributed by atoms with Crippen LogP contribution in [0.15, 0.2) is 24.3 Å². The van der Waals surface area contributed by atoms with Crippen LogP contribution in [0.1, 0.15) is 25.3 Å². The van der Waals surface area contributed by atoms with E-state index in [9.17, 15) is 22.8 Å². The monoisotopic (exact) mass is 374 g/mol. The van der Waals surface area contributed by atoms with E-state index in [1.54, 1.807) is 13.0 Å². The van der Waals surface area contributed by atoms with Crippen molar-refractivity contribution in [1.82, 2.24) is 10.2 Å². The Kier molecular flexibility index (Phi) is 6.70. The topological polar surface area (TPSA) is 67.9 Å². The number of carbonyl (C=O) groups excluding carboxylic acids is 2. The van der Waals surface area contributed by atoms with E-state index in [1.807, 2.05) is 0 Å². The Balaban J connectivity index is 1.93. The van der Waals surface area contributed by atoms with Crippen LogP contribution in [-0.2, 0) is 16.1 Å². The number of hydrogen-bond acceptors (Lipinski definition) is 4. The number of carbonyl (C=O) groups is 2. The summed E-state index contributed by atoms with van der Waals surface area (Å²) in [6.07, 6.45) is -4.01. The zero-order valence-electron chi connectivity index (χ0n) is 14.3. The predicted octanol–water partition coefficient (Wildman–Crippen LogP) is 3.07. The molecular weight excluding hydrogens is 353 g/mol. The maximum atomic E-state index is 12.4. The lowest BCUT2D eigenvalue weighted by Crippen LogP contribution is -2.45. The van der Waals surface area contributed by atoms with Gasteiger partial charge in [0.2, 0.25) is 5.91 Å². The number of halogens is 3. The van der Waals surface area contributed by atoms with Crippen molar-refractivity contribution in [2.45, 2.75) is 32.7 Å². The molecule has 2 rings (SSSR count). The van der Waals surface area contributed by atoms with Gasteiger partial charge in [0, 0.05) is 25.2 Å². The molecule has 1 saturated heterocycles. The fraction of sp³-hybridized carbons (Fsp3) is 0.529. The maximum absolute atomic E-state index is 12.4. The molecule has 0 aliphatic carbocycles. The summed E-state index contributed by atoms with van der Waals surface area (Å²) >= 11 is 0. The molecule has 1 aliphatic heterocycles. The number of piperidine rings is 1. The molecule has 0 saturated carbocycles. The molecule has 0 aromatic heterocycles. The summed E-state index contributed by atoms with van der Waals surface area (Å²) in [7, 11) is 0. The predicted molar refractivity (Wildman–Crippen MR) is 86.3 cm³/mol. The first kappa shape index (κ1) is 19.9. The summed E-state index contributed by atoms with van der Waals surface area (Å²) in [5.41, 5.74) is 0.219. The van der Waals surface area contributed by atoms with Crippen LogP contribution in [0.5, 0.6) is 5.75 Å². The number of nitrogens with one attached hydrogen (secondary N) is 1. The average Bonchev–Trinajstić information content (AvgIpc) is 2.60. The summed E-state index contributed by atoms with van der Waals surface area (Å²) in [6, 6.07) is 5.63. The van der Waals surface area contributed by atoms with Gasteiger partial charge in [-0.2, -0.15) is 0 Å². The molecule has 1 aromatic rings. The maximum Gasteiger partial charge on any atom is 0.573 e. The molecule has 26 heavy (non-hydrogen) atoms. The molecule has 1 N–H and O–H groups in total. The molecular formula is C17H21F3N2O4. The quantitative estimate of drug-likeness (QED) is 0.860. The van der Waals surface area contributed by atoms with Crippen LogP contribution < -0.4 is 10.1 Å². The Bertz CT molecular complexity index is 637. The van der Waals surface area contributed by atoms with Gasteiger partial charge in [-0.3, -0.25) is 4.79 Å². The van der Waals surface area contributed by atoms with E-state index >= 15 is 0 Å². The van der Waals surface area contributed by atoms with Crippen LogP contribution >= 0.6 is 0 Å². The van der Waals surface area contributed by atoms with Crippen molar-refractivity contribution in [3.63, 3.8) is 0 Å². The minimum Gasteiger partial charge on any atom is -0.450 e. The molecule has 0 bridgehead atoms. The van der Waals surface area contributed by atoms with E-state index in [0.717, 1.165) is 0 Å². The normalized spacial score (nSPS) is 17.5. The highest BCUT2D eigenvalue weighted by molar-refractivity contribution is 5.80. The van der Waals surface area contributed by atoms with Gasteiger partial charge >= 0.3 is 12.5 Å². The van der Waals surface area contributed by atoms with E-state index in [1.165, 1.54) is 23.1 Å². The van der Waals surface area contributed by atoms with Crippen LogP contribution in [0.25, 0.3) is 0 Å². The molecule has 6 nitrogen and oxygen atoms in total. The van der Waals surface area contributed by atoms with Gasteiger partial charge in [-0.05, 0) is 25.8 Å². The van der Waals surface area contributed by atoms with E-state index in [0.29, 0.717) is 19.4 Å². The minimum atomic E-state index is -4.80. The number of hydrogen-bond donors (Lipinski definition) is 1. The minimum absolute atomic E-state index is 0.0962. The smallest absolute Gasteiger partial charge is 0.450 e. The van der Waals surface area contributed by atoms with Gasteiger partial charge < -0.3 is 19.7 Å². The van der Waals surface area contributed by atoms with Gasteiger partial charge in [-0.25, -0.2) is 4.79 Å². The Hall–Kier alpha value is -2.45. The van der Waals surface area contributed by atoms with Crippen molar-refractivity contribution in [1.29, 1.82) is 0 Å². The highest BCUT2D eigenvalue weighted by Crippen LogP contribution is 2.26. The SMILES string of the molecule is CCOC(=O)N1CCCC(C(=O)NCc2ccccc2OC(F)(F)F)C1. The first-order valence-electron chi connectivity index (χ1n) is 8.33. The number of benzene rings is 1. The largest absolute Gasteiger partial charge is 0.573 e. The number of rotatable bonds is 5. The zero-order chi connectivity index (χ0) is 19.2. The van der Waals surface area contributed by atoms with Crippen LogP contribution in [0.2, 0.25) is 0 Å². The van der Waals surface area contributed by atoms with Crippen molar-refractivity contribution >= 4 is 12.0 Å². The highest BCUT2D eigenvalue weighted by Gasteiger charge is 2.32. The van der Waals surface area contributed by atoms with Crippen LogP contribution in [0.3, 0.4) is 0 Å². The molecule has 2 amide bonds. The lowest BCUT2D eigenvalue weighted by molar-refractivity contribution is -0.274. The fourth-order valence-corrected chi connectivity index (χ4v) is 2.77. The second-order valence-corrected chi connectivity index (χ2v) is 5.86. The summed E-state index contributed by atoms with van der Waals surface area (Å²) in [5.74, 6) is -1.10. The molecule has 1 fully saturated rings. The van der Waals surface area contributed by atoms with Crippen molar-refractivity contribution in [2.75, 3.05) is 19.7 Å². The van der Waals surface area contributed by atoms with Gasteiger partial charge in [0.15, 0.2) is 0 Å². The number of ether oxygens (including phenoxy) is 2. The summed E-state index contributed by atoms with van der Waals surface area (Å²) < 4.78 is 46.2. The van der Waals surface area contributed by atoms with Crippen LogP contribution in [-0.4, -0.2) is 43.0 Å². The molecule has 9 heteroatoms. The van der Waals surface area contributed by atoms with Crippen molar-refractivity contribution in [2.24, 2.45) is 5.92 Å². The number of para-hydroxylation sites is 1. The van der Waals surface area contributed by atoms with Gasteiger partial charge in [-0.15, -0.1) is 13.2 Å². The second-order valence-electron chi connectivity index (χ2n) is 5.86. The standard InChI is InChI=1S/C17H21F3N2O4/c1-2-25-16(24)22-9-5-7-13(11-22)15(23)21-10-12-6-3-4-8-14(12)26-17(18,19)20/h3-4,6,8,13H,2,5,7,9-11H2,1H3,(H,21,23). The third-order valence-electron chi connectivity index (χ3n) is 3.97. The average molecular weight is 374 g/mol.